The number of thioether (sulfide) groups is 1. The fraction of sp³-hybridized carbons (Fsp3) is 0.550. The number of benzene rings is 1. The molecule has 0 N–H and O–H groups in total. The first-order valence-electron chi connectivity index (χ1n) is 9.90. The number of nitrogens with zero attached hydrogens (tertiary/aromatic N) is 4. The fourth-order valence-corrected chi connectivity index (χ4v) is 4.68. The number of hydrogen-bond donors (Lipinski definition) is 0. The molecule has 6 nitrogen and oxygen atoms in total. The second-order valence-corrected chi connectivity index (χ2v) is 9.08. The molecule has 8 heteroatoms. The number of carbonyl (C=O) groups excluding carboxylic acids is 1. The van der Waals surface area contributed by atoms with Gasteiger partial charge in [0.05, 0.1) is 10.3 Å². The molecule has 1 saturated carbocycles. The highest BCUT2D eigenvalue weighted by atomic mass is 35.5. The number of carbonyl (C=O) groups is 1. The van der Waals surface area contributed by atoms with Crippen molar-refractivity contribution in [3.63, 3.8) is 0 Å². The summed E-state index contributed by atoms with van der Waals surface area (Å²) in [6.07, 6.45) is 5.64. The molecule has 1 aromatic carbocycles. The van der Waals surface area contributed by atoms with E-state index in [0.717, 1.165) is 49.8 Å². The van der Waals surface area contributed by atoms with Crippen molar-refractivity contribution < 1.29 is 9.53 Å². The third-order valence-corrected chi connectivity index (χ3v) is 6.49. The lowest BCUT2D eigenvalue weighted by Gasteiger charge is -2.28. The van der Waals surface area contributed by atoms with Crippen LogP contribution in [0.2, 0.25) is 5.02 Å². The van der Waals surface area contributed by atoms with E-state index in [0.29, 0.717) is 23.4 Å². The van der Waals surface area contributed by atoms with Crippen LogP contribution in [-0.2, 0) is 11.4 Å². The Morgan fingerprint density at radius 3 is 2.71 bits per heavy atom. The van der Waals surface area contributed by atoms with Crippen LogP contribution >= 0.6 is 23.4 Å². The van der Waals surface area contributed by atoms with E-state index in [1.807, 2.05) is 30.0 Å². The summed E-state index contributed by atoms with van der Waals surface area (Å²) in [4.78, 5) is 14.7. The van der Waals surface area contributed by atoms with Gasteiger partial charge in [-0.2, -0.15) is 0 Å². The Kier molecular flexibility index (Phi) is 6.11. The maximum Gasteiger partial charge on any atom is 0.235 e. The van der Waals surface area contributed by atoms with Crippen LogP contribution in [0.1, 0.15) is 50.9 Å². The number of halogens is 1. The lowest BCUT2D eigenvalue weighted by atomic mass is 10.1. The summed E-state index contributed by atoms with van der Waals surface area (Å²) >= 11 is 7.68. The Morgan fingerprint density at radius 1 is 1.25 bits per heavy atom. The molecule has 1 amide bonds. The topological polar surface area (TPSA) is 60.3 Å². The third-order valence-electron chi connectivity index (χ3n) is 5.14. The summed E-state index contributed by atoms with van der Waals surface area (Å²) in [5.74, 6) is 1.61. The molecule has 2 aromatic rings. The predicted octanol–water partition coefficient (Wildman–Crippen LogP) is 4.34. The second-order valence-electron chi connectivity index (χ2n) is 7.37. The maximum atomic E-state index is 12.8. The molecule has 4 rings (SSSR count). The van der Waals surface area contributed by atoms with E-state index in [2.05, 4.69) is 14.8 Å². The SMILES string of the molecule is CC(Sc1nnc(COc2ccccc2Cl)n1C1CC1)C(=O)N1CCCCC1. The minimum atomic E-state index is -0.169. The summed E-state index contributed by atoms with van der Waals surface area (Å²) in [6.45, 7) is 4.02. The molecule has 2 aliphatic rings. The van der Waals surface area contributed by atoms with E-state index in [4.69, 9.17) is 16.3 Å². The van der Waals surface area contributed by atoms with Crippen LogP contribution in [0.4, 0.5) is 0 Å². The monoisotopic (exact) mass is 420 g/mol. The summed E-state index contributed by atoms with van der Waals surface area (Å²) in [6, 6.07) is 7.81. The van der Waals surface area contributed by atoms with Crippen LogP contribution in [0.3, 0.4) is 0 Å². The largest absolute Gasteiger partial charge is 0.484 e. The molecule has 1 aromatic heterocycles. The number of hydrogen-bond acceptors (Lipinski definition) is 5. The average molecular weight is 421 g/mol. The number of aromatic nitrogens is 3. The number of amides is 1. The van der Waals surface area contributed by atoms with Crippen molar-refractivity contribution >= 4 is 29.3 Å². The lowest BCUT2D eigenvalue weighted by molar-refractivity contribution is -0.131. The molecule has 0 bridgehead atoms. The highest BCUT2D eigenvalue weighted by molar-refractivity contribution is 8.00. The molecule has 1 aliphatic carbocycles. The summed E-state index contributed by atoms with van der Waals surface area (Å²) in [7, 11) is 0. The maximum absolute atomic E-state index is 12.8. The normalized spacial score (nSPS) is 18.1. The zero-order valence-corrected chi connectivity index (χ0v) is 17.6. The third kappa shape index (κ3) is 4.46. The van der Waals surface area contributed by atoms with Crippen LogP contribution in [0.5, 0.6) is 5.75 Å². The van der Waals surface area contributed by atoms with Gasteiger partial charge in [-0.25, -0.2) is 0 Å². The number of para-hydroxylation sites is 1. The van der Waals surface area contributed by atoms with E-state index in [-0.39, 0.29) is 11.2 Å². The molecule has 0 spiro atoms. The number of likely N-dealkylation sites (tertiary alicyclic amines) is 1. The smallest absolute Gasteiger partial charge is 0.235 e. The van der Waals surface area contributed by atoms with Gasteiger partial charge in [-0.05, 0) is 51.2 Å². The first-order valence-corrected chi connectivity index (χ1v) is 11.2. The van der Waals surface area contributed by atoms with Gasteiger partial charge in [-0.15, -0.1) is 10.2 Å². The summed E-state index contributed by atoms with van der Waals surface area (Å²) in [5, 5.41) is 9.93. The van der Waals surface area contributed by atoms with Crippen molar-refractivity contribution in [3.05, 3.63) is 35.1 Å². The van der Waals surface area contributed by atoms with E-state index < -0.39 is 0 Å². The van der Waals surface area contributed by atoms with Gasteiger partial charge in [0.1, 0.15) is 12.4 Å². The molecule has 0 radical (unpaired) electrons. The Labute approximate surface area is 174 Å². The molecule has 1 saturated heterocycles. The number of piperidine rings is 1. The number of ether oxygens (including phenoxy) is 1. The van der Waals surface area contributed by atoms with Crippen LogP contribution in [-0.4, -0.2) is 43.9 Å². The molecule has 28 heavy (non-hydrogen) atoms. The Balaban J connectivity index is 1.44. The predicted molar refractivity (Wildman–Crippen MR) is 110 cm³/mol. The lowest BCUT2D eigenvalue weighted by Crippen LogP contribution is -2.40. The molecule has 150 valence electrons. The molecule has 2 fully saturated rings. The molecule has 1 aliphatic heterocycles. The van der Waals surface area contributed by atoms with Gasteiger partial charge in [0.25, 0.3) is 0 Å². The van der Waals surface area contributed by atoms with Crippen molar-refractivity contribution in [3.8, 4) is 5.75 Å². The first kappa shape index (κ1) is 19.6. The van der Waals surface area contributed by atoms with Crippen LogP contribution < -0.4 is 4.74 Å². The minimum absolute atomic E-state index is 0.169. The van der Waals surface area contributed by atoms with E-state index in [9.17, 15) is 4.79 Å². The highest BCUT2D eigenvalue weighted by Gasteiger charge is 2.32. The van der Waals surface area contributed by atoms with Gasteiger partial charge >= 0.3 is 0 Å². The van der Waals surface area contributed by atoms with Crippen molar-refractivity contribution in [1.82, 2.24) is 19.7 Å². The Bertz CT molecular complexity index is 833. The van der Waals surface area contributed by atoms with Crippen LogP contribution in [0.25, 0.3) is 0 Å². The zero-order chi connectivity index (χ0) is 19.5. The fourth-order valence-electron chi connectivity index (χ4n) is 3.47. The van der Waals surface area contributed by atoms with Crippen molar-refractivity contribution in [2.45, 2.75) is 62.1 Å². The van der Waals surface area contributed by atoms with Crippen molar-refractivity contribution in [1.29, 1.82) is 0 Å². The van der Waals surface area contributed by atoms with Gasteiger partial charge in [0.2, 0.25) is 5.91 Å². The zero-order valence-electron chi connectivity index (χ0n) is 16.0. The van der Waals surface area contributed by atoms with Gasteiger partial charge in [0, 0.05) is 19.1 Å². The Morgan fingerprint density at radius 2 is 2.00 bits per heavy atom. The molecule has 1 atom stereocenters. The van der Waals surface area contributed by atoms with Crippen molar-refractivity contribution in [2.75, 3.05) is 13.1 Å². The summed E-state index contributed by atoms with van der Waals surface area (Å²) in [5.41, 5.74) is 0. The van der Waals surface area contributed by atoms with E-state index >= 15 is 0 Å². The first-order chi connectivity index (χ1) is 13.6. The van der Waals surface area contributed by atoms with Gasteiger partial charge in [-0.1, -0.05) is 35.5 Å². The highest BCUT2D eigenvalue weighted by Crippen LogP contribution is 2.40. The second kappa shape index (κ2) is 8.74. The van der Waals surface area contributed by atoms with E-state index in [1.165, 1.54) is 18.2 Å². The van der Waals surface area contributed by atoms with Crippen LogP contribution in [0.15, 0.2) is 29.4 Å². The van der Waals surface area contributed by atoms with Gasteiger partial charge in [0.15, 0.2) is 11.0 Å². The summed E-state index contributed by atoms with van der Waals surface area (Å²) < 4.78 is 8.00. The molecular formula is C20H25ClN4O2S. The molecule has 1 unspecified atom stereocenters. The standard InChI is InChI=1S/C20H25ClN4O2S/c1-14(19(26)24-11-5-2-6-12-24)28-20-23-22-18(25(20)15-9-10-15)13-27-17-8-4-3-7-16(17)21/h3-4,7-8,14-15H,2,5-6,9-13H2,1H3. The molecule has 2 heterocycles. The minimum Gasteiger partial charge on any atom is -0.484 e. The van der Waals surface area contributed by atoms with Gasteiger partial charge in [-0.3, -0.25) is 9.36 Å². The van der Waals surface area contributed by atoms with Crippen LogP contribution in [0, 0.1) is 0 Å². The average Bonchev–Trinajstić information content (AvgIpc) is 3.48. The van der Waals surface area contributed by atoms with Crippen molar-refractivity contribution in [2.24, 2.45) is 0 Å². The molecular weight excluding hydrogens is 396 g/mol. The quantitative estimate of drug-likeness (QED) is 0.623. The Hall–Kier alpha value is -1.73. The number of rotatable bonds is 7. The van der Waals surface area contributed by atoms with E-state index in [1.54, 1.807) is 6.07 Å². The van der Waals surface area contributed by atoms with Gasteiger partial charge < -0.3 is 9.64 Å².